The van der Waals surface area contributed by atoms with Gasteiger partial charge in [0, 0.05) is 10.0 Å². The van der Waals surface area contributed by atoms with Crippen LogP contribution in [0, 0.1) is 17.1 Å². The molecule has 0 amide bonds. The molecule has 0 saturated heterocycles. The van der Waals surface area contributed by atoms with Crippen LogP contribution in [-0.2, 0) is 0 Å². The van der Waals surface area contributed by atoms with Crippen molar-refractivity contribution in [3.05, 3.63) is 57.8 Å². The molecule has 0 aromatic heterocycles. The Balaban J connectivity index is 2.60. The van der Waals surface area contributed by atoms with Gasteiger partial charge in [-0.3, -0.25) is 0 Å². The molecule has 0 heterocycles. The van der Waals surface area contributed by atoms with Crippen molar-refractivity contribution in [2.75, 3.05) is 0 Å². The van der Waals surface area contributed by atoms with E-state index in [4.69, 9.17) is 28.5 Å². The number of hydrogen-bond acceptors (Lipinski definition) is 1. The van der Waals surface area contributed by atoms with E-state index in [0.717, 1.165) is 0 Å². The largest absolute Gasteiger partial charge is 0.207 e. The summed E-state index contributed by atoms with van der Waals surface area (Å²) in [5.74, 6) is -0.463. The summed E-state index contributed by atoms with van der Waals surface area (Å²) in [7, 11) is 0. The molecular weight excluding hydrogens is 260 g/mol. The molecule has 84 valence electrons. The normalized spacial score (nSPS) is 10.0. The first-order valence-electron chi connectivity index (χ1n) is 4.75. The third kappa shape index (κ3) is 2.76. The number of rotatable bonds is 1. The predicted molar refractivity (Wildman–Crippen MR) is 66.6 cm³/mol. The van der Waals surface area contributed by atoms with Crippen LogP contribution in [0.3, 0.4) is 0 Å². The van der Waals surface area contributed by atoms with E-state index in [-0.39, 0.29) is 5.56 Å². The second kappa shape index (κ2) is 4.75. The fourth-order valence-electron chi connectivity index (χ4n) is 1.54. The van der Waals surface area contributed by atoms with Crippen molar-refractivity contribution in [2.45, 2.75) is 0 Å². The van der Waals surface area contributed by atoms with Gasteiger partial charge in [0.2, 0.25) is 0 Å². The van der Waals surface area contributed by atoms with Crippen LogP contribution in [-0.4, -0.2) is 0 Å². The molecule has 0 radical (unpaired) electrons. The van der Waals surface area contributed by atoms with E-state index in [1.165, 1.54) is 12.1 Å². The smallest absolute Gasteiger partial charge is 0.125 e. The molecule has 0 aliphatic carbocycles. The van der Waals surface area contributed by atoms with E-state index in [9.17, 15) is 4.39 Å². The molecule has 0 N–H and O–H groups in total. The highest BCUT2D eigenvalue weighted by Gasteiger charge is 2.05. The first-order chi connectivity index (χ1) is 8.08. The van der Waals surface area contributed by atoms with Crippen LogP contribution in [0.4, 0.5) is 4.39 Å². The lowest BCUT2D eigenvalue weighted by Gasteiger charge is -2.04. The minimum absolute atomic E-state index is 0.260. The fraction of sp³-hybridized carbons (Fsp3) is 0. The maximum Gasteiger partial charge on any atom is 0.125 e. The Morgan fingerprint density at radius 2 is 1.47 bits per heavy atom. The van der Waals surface area contributed by atoms with Gasteiger partial charge in [0.1, 0.15) is 5.82 Å². The SMILES string of the molecule is N#Cc1cc(F)cc(-c2cc(Cl)cc(Cl)c2)c1. The Morgan fingerprint density at radius 1 is 0.882 bits per heavy atom. The van der Waals surface area contributed by atoms with E-state index in [0.29, 0.717) is 21.2 Å². The van der Waals surface area contributed by atoms with E-state index in [1.54, 1.807) is 24.3 Å². The quantitative estimate of drug-likeness (QED) is 0.735. The van der Waals surface area contributed by atoms with E-state index >= 15 is 0 Å². The zero-order chi connectivity index (χ0) is 12.4. The van der Waals surface area contributed by atoms with Crippen molar-refractivity contribution in [3.8, 4) is 17.2 Å². The third-order valence-electron chi connectivity index (χ3n) is 2.22. The second-order valence-corrected chi connectivity index (χ2v) is 4.37. The minimum atomic E-state index is -0.463. The highest BCUT2D eigenvalue weighted by Crippen LogP contribution is 2.28. The molecule has 4 heteroatoms. The number of hydrogen-bond donors (Lipinski definition) is 0. The minimum Gasteiger partial charge on any atom is -0.207 e. The summed E-state index contributed by atoms with van der Waals surface area (Å²) >= 11 is 11.7. The van der Waals surface area contributed by atoms with Crippen molar-refractivity contribution in [1.82, 2.24) is 0 Å². The van der Waals surface area contributed by atoms with Crippen LogP contribution >= 0.6 is 23.2 Å². The molecule has 0 bridgehead atoms. The van der Waals surface area contributed by atoms with Crippen molar-refractivity contribution < 1.29 is 4.39 Å². The van der Waals surface area contributed by atoms with Crippen LogP contribution in [0.15, 0.2) is 36.4 Å². The van der Waals surface area contributed by atoms with Gasteiger partial charge in [-0.05, 0) is 47.5 Å². The zero-order valence-electron chi connectivity index (χ0n) is 8.55. The molecular formula is C13H6Cl2FN. The summed E-state index contributed by atoms with van der Waals surface area (Å²) in [6, 6.07) is 10.9. The number of benzene rings is 2. The summed E-state index contributed by atoms with van der Waals surface area (Å²) in [6.45, 7) is 0. The van der Waals surface area contributed by atoms with Crippen molar-refractivity contribution >= 4 is 23.2 Å². The molecule has 2 aromatic carbocycles. The lowest BCUT2D eigenvalue weighted by molar-refractivity contribution is 0.628. The van der Waals surface area contributed by atoms with Gasteiger partial charge in [0.15, 0.2) is 0 Å². The summed E-state index contributed by atoms with van der Waals surface area (Å²) < 4.78 is 13.3. The molecule has 17 heavy (non-hydrogen) atoms. The van der Waals surface area contributed by atoms with Gasteiger partial charge in [-0.15, -0.1) is 0 Å². The van der Waals surface area contributed by atoms with Crippen LogP contribution in [0.2, 0.25) is 10.0 Å². The summed E-state index contributed by atoms with van der Waals surface area (Å²) in [4.78, 5) is 0. The Labute approximate surface area is 108 Å². The van der Waals surface area contributed by atoms with Crippen LogP contribution in [0.1, 0.15) is 5.56 Å². The summed E-state index contributed by atoms with van der Waals surface area (Å²) in [6.07, 6.45) is 0. The average molecular weight is 266 g/mol. The van der Waals surface area contributed by atoms with Gasteiger partial charge in [0.25, 0.3) is 0 Å². The first kappa shape index (κ1) is 11.9. The topological polar surface area (TPSA) is 23.8 Å². The lowest BCUT2D eigenvalue weighted by Crippen LogP contribution is -1.84. The molecule has 2 aromatic rings. The molecule has 0 aliphatic rings. The average Bonchev–Trinajstić information content (AvgIpc) is 2.26. The van der Waals surface area contributed by atoms with E-state index in [1.807, 2.05) is 6.07 Å². The van der Waals surface area contributed by atoms with Crippen molar-refractivity contribution in [2.24, 2.45) is 0 Å². The number of nitriles is 1. The Bertz CT molecular complexity index is 597. The van der Waals surface area contributed by atoms with Gasteiger partial charge in [0.05, 0.1) is 11.6 Å². The third-order valence-corrected chi connectivity index (χ3v) is 2.66. The second-order valence-electron chi connectivity index (χ2n) is 3.50. The van der Waals surface area contributed by atoms with Crippen molar-refractivity contribution in [1.29, 1.82) is 5.26 Å². The maximum atomic E-state index is 13.3. The summed E-state index contributed by atoms with van der Waals surface area (Å²) in [5.41, 5.74) is 1.51. The Morgan fingerprint density at radius 3 is 2.06 bits per heavy atom. The zero-order valence-corrected chi connectivity index (χ0v) is 10.1. The molecule has 0 atom stereocenters. The van der Waals surface area contributed by atoms with Crippen LogP contribution in [0.5, 0.6) is 0 Å². The monoisotopic (exact) mass is 265 g/mol. The molecule has 0 aliphatic heterocycles. The standard InChI is InChI=1S/C13H6Cl2FN/c14-11-3-10(4-12(15)6-11)9-1-8(7-17)2-13(16)5-9/h1-6H. The van der Waals surface area contributed by atoms with Gasteiger partial charge >= 0.3 is 0 Å². The number of halogens is 3. The van der Waals surface area contributed by atoms with E-state index < -0.39 is 5.82 Å². The molecule has 2 rings (SSSR count). The maximum absolute atomic E-state index is 13.3. The first-order valence-corrected chi connectivity index (χ1v) is 5.51. The van der Waals surface area contributed by atoms with Gasteiger partial charge < -0.3 is 0 Å². The lowest BCUT2D eigenvalue weighted by atomic mass is 10.0. The van der Waals surface area contributed by atoms with E-state index in [2.05, 4.69) is 0 Å². The molecule has 0 fully saturated rings. The highest BCUT2D eigenvalue weighted by molar-refractivity contribution is 6.35. The molecule has 1 nitrogen and oxygen atoms in total. The summed E-state index contributed by atoms with van der Waals surface area (Å²) in [5, 5.41) is 9.71. The highest BCUT2D eigenvalue weighted by atomic mass is 35.5. The Hall–Kier alpha value is -1.56. The Kier molecular flexibility index (Phi) is 3.33. The van der Waals surface area contributed by atoms with Crippen LogP contribution < -0.4 is 0 Å². The molecule has 0 spiro atoms. The van der Waals surface area contributed by atoms with Crippen molar-refractivity contribution in [3.63, 3.8) is 0 Å². The van der Waals surface area contributed by atoms with Gasteiger partial charge in [-0.25, -0.2) is 4.39 Å². The molecule has 0 saturated carbocycles. The van der Waals surface area contributed by atoms with Gasteiger partial charge in [-0.1, -0.05) is 23.2 Å². The van der Waals surface area contributed by atoms with Crippen LogP contribution in [0.25, 0.3) is 11.1 Å². The van der Waals surface area contributed by atoms with Gasteiger partial charge in [-0.2, -0.15) is 5.26 Å². The predicted octanol–water partition coefficient (Wildman–Crippen LogP) is 4.67. The number of nitrogens with zero attached hydrogens (tertiary/aromatic N) is 1. The molecule has 0 unspecified atom stereocenters. The fourth-order valence-corrected chi connectivity index (χ4v) is 2.07.